The molecule has 4 rings (SSSR count). The molecule has 0 atom stereocenters. The van der Waals surface area contributed by atoms with Gasteiger partial charge in [-0.05, 0) is 41.8 Å². The SMILES string of the molecule is N#Cc1ccc(CN2CCCN(c3nnc(Cc4ccc(F)cc4)s3)CC2)cc1. The number of aromatic nitrogens is 2. The predicted octanol–water partition coefficient (Wildman–Crippen LogP) is 3.85. The Labute approximate surface area is 174 Å². The van der Waals surface area contributed by atoms with Crippen LogP contribution in [0.25, 0.3) is 0 Å². The second-order valence-corrected chi connectivity index (χ2v) is 8.25. The van der Waals surface area contributed by atoms with Gasteiger partial charge in [-0.3, -0.25) is 4.90 Å². The largest absolute Gasteiger partial charge is 0.345 e. The Bertz CT molecular complexity index is 978. The van der Waals surface area contributed by atoms with Crippen molar-refractivity contribution in [2.24, 2.45) is 0 Å². The van der Waals surface area contributed by atoms with Crippen molar-refractivity contribution < 1.29 is 4.39 Å². The summed E-state index contributed by atoms with van der Waals surface area (Å²) in [7, 11) is 0. The van der Waals surface area contributed by atoms with Crippen LogP contribution >= 0.6 is 11.3 Å². The number of nitrogens with zero attached hydrogens (tertiary/aromatic N) is 5. The average molecular weight is 408 g/mol. The molecule has 0 aliphatic carbocycles. The Morgan fingerprint density at radius 2 is 1.69 bits per heavy atom. The van der Waals surface area contributed by atoms with Gasteiger partial charge in [-0.2, -0.15) is 5.26 Å². The van der Waals surface area contributed by atoms with Crippen LogP contribution in [-0.4, -0.2) is 41.3 Å². The van der Waals surface area contributed by atoms with Crippen LogP contribution in [0.2, 0.25) is 0 Å². The van der Waals surface area contributed by atoms with Crippen molar-refractivity contribution in [1.29, 1.82) is 5.26 Å². The molecule has 0 amide bonds. The third kappa shape index (κ3) is 5.17. The van der Waals surface area contributed by atoms with Gasteiger partial charge >= 0.3 is 0 Å². The predicted molar refractivity (Wildman–Crippen MR) is 112 cm³/mol. The summed E-state index contributed by atoms with van der Waals surface area (Å²) in [6.07, 6.45) is 1.75. The summed E-state index contributed by atoms with van der Waals surface area (Å²) in [6.45, 7) is 4.78. The van der Waals surface area contributed by atoms with Gasteiger partial charge in [-0.25, -0.2) is 4.39 Å². The molecule has 0 bridgehead atoms. The maximum atomic E-state index is 13.1. The standard InChI is InChI=1S/C22H22FN5S/c23-20-8-6-17(7-9-20)14-21-25-26-22(29-21)28-11-1-10-27(12-13-28)16-19-4-2-18(15-24)3-5-19/h2-9H,1,10-14,16H2. The summed E-state index contributed by atoms with van der Waals surface area (Å²) in [4.78, 5) is 4.76. The summed E-state index contributed by atoms with van der Waals surface area (Å²) in [6, 6.07) is 16.5. The number of benzene rings is 2. The fourth-order valence-corrected chi connectivity index (χ4v) is 4.41. The van der Waals surface area contributed by atoms with Gasteiger partial charge in [0, 0.05) is 39.1 Å². The first-order chi connectivity index (χ1) is 14.2. The van der Waals surface area contributed by atoms with E-state index in [9.17, 15) is 4.39 Å². The van der Waals surface area contributed by atoms with Crippen LogP contribution in [0.15, 0.2) is 48.5 Å². The quantitative estimate of drug-likeness (QED) is 0.643. The van der Waals surface area contributed by atoms with Crippen molar-refractivity contribution in [3.8, 4) is 6.07 Å². The lowest BCUT2D eigenvalue weighted by molar-refractivity contribution is 0.285. The molecule has 0 spiro atoms. The van der Waals surface area contributed by atoms with Gasteiger partial charge in [0.1, 0.15) is 10.8 Å². The van der Waals surface area contributed by atoms with Gasteiger partial charge in [-0.15, -0.1) is 10.2 Å². The molecule has 7 heteroatoms. The van der Waals surface area contributed by atoms with Gasteiger partial charge in [0.15, 0.2) is 0 Å². The van der Waals surface area contributed by atoms with E-state index in [-0.39, 0.29) is 5.82 Å². The maximum absolute atomic E-state index is 13.1. The molecule has 1 aliphatic heterocycles. The van der Waals surface area contributed by atoms with E-state index >= 15 is 0 Å². The number of nitriles is 1. The lowest BCUT2D eigenvalue weighted by Crippen LogP contribution is -2.30. The normalized spacial score (nSPS) is 15.1. The first-order valence-electron chi connectivity index (χ1n) is 9.73. The average Bonchev–Trinajstić information content (AvgIpc) is 3.08. The molecule has 3 aromatic rings. The highest BCUT2D eigenvalue weighted by molar-refractivity contribution is 7.15. The molecular weight excluding hydrogens is 385 g/mol. The summed E-state index contributed by atoms with van der Waals surface area (Å²) in [5.41, 5.74) is 2.97. The van der Waals surface area contributed by atoms with E-state index in [0.717, 1.165) is 54.8 Å². The molecule has 0 saturated carbocycles. The fraction of sp³-hybridized carbons (Fsp3) is 0.318. The second kappa shape index (κ2) is 9.12. The second-order valence-electron chi connectivity index (χ2n) is 7.21. The molecule has 1 saturated heterocycles. The van der Waals surface area contributed by atoms with E-state index in [4.69, 9.17) is 5.26 Å². The number of hydrogen-bond donors (Lipinski definition) is 0. The Morgan fingerprint density at radius 1 is 0.931 bits per heavy atom. The number of anilines is 1. The van der Waals surface area contributed by atoms with Crippen molar-refractivity contribution in [3.63, 3.8) is 0 Å². The highest BCUT2D eigenvalue weighted by Crippen LogP contribution is 2.24. The van der Waals surface area contributed by atoms with Crippen molar-refractivity contribution in [2.75, 3.05) is 31.1 Å². The van der Waals surface area contributed by atoms with Gasteiger partial charge in [-0.1, -0.05) is 35.6 Å². The Kier molecular flexibility index (Phi) is 6.13. The molecule has 1 fully saturated rings. The molecule has 1 aliphatic rings. The van der Waals surface area contributed by atoms with Crippen molar-refractivity contribution in [3.05, 3.63) is 76.0 Å². The minimum absolute atomic E-state index is 0.221. The van der Waals surface area contributed by atoms with Crippen LogP contribution in [0.5, 0.6) is 0 Å². The van der Waals surface area contributed by atoms with Crippen molar-refractivity contribution in [1.82, 2.24) is 15.1 Å². The van der Waals surface area contributed by atoms with Crippen molar-refractivity contribution in [2.45, 2.75) is 19.4 Å². The van der Waals surface area contributed by atoms with Crippen LogP contribution < -0.4 is 4.90 Å². The van der Waals surface area contributed by atoms with E-state index in [2.05, 4.69) is 26.1 Å². The highest BCUT2D eigenvalue weighted by atomic mass is 32.1. The van der Waals surface area contributed by atoms with Gasteiger partial charge in [0.05, 0.1) is 11.6 Å². The third-order valence-electron chi connectivity index (χ3n) is 5.07. The van der Waals surface area contributed by atoms with Gasteiger partial charge in [0.2, 0.25) is 5.13 Å². The zero-order chi connectivity index (χ0) is 20.1. The summed E-state index contributed by atoms with van der Waals surface area (Å²) in [5.74, 6) is -0.221. The van der Waals surface area contributed by atoms with Crippen LogP contribution in [0.4, 0.5) is 9.52 Å². The summed E-state index contributed by atoms with van der Waals surface area (Å²) < 4.78 is 13.1. The Balaban J connectivity index is 1.34. The lowest BCUT2D eigenvalue weighted by Gasteiger charge is -2.21. The molecule has 148 valence electrons. The van der Waals surface area contributed by atoms with Crippen molar-refractivity contribution >= 4 is 16.5 Å². The van der Waals surface area contributed by atoms with Crippen LogP contribution in [0.3, 0.4) is 0 Å². The smallest absolute Gasteiger partial charge is 0.208 e. The number of halogens is 1. The topological polar surface area (TPSA) is 56.1 Å². The van der Waals surface area contributed by atoms with Crippen LogP contribution in [0.1, 0.15) is 28.1 Å². The molecule has 29 heavy (non-hydrogen) atoms. The Hall–Kier alpha value is -2.82. The fourth-order valence-electron chi connectivity index (χ4n) is 3.48. The number of hydrogen-bond acceptors (Lipinski definition) is 6. The lowest BCUT2D eigenvalue weighted by atomic mass is 10.1. The van der Waals surface area contributed by atoms with E-state index in [0.29, 0.717) is 12.0 Å². The monoisotopic (exact) mass is 407 g/mol. The molecule has 0 unspecified atom stereocenters. The maximum Gasteiger partial charge on any atom is 0.208 e. The molecule has 0 N–H and O–H groups in total. The summed E-state index contributed by atoms with van der Waals surface area (Å²) >= 11 is 1.62. The van der Waals surface area contributed by atoms with E-state index < -0.39 is 0 Å². The van der Waals surface area contributed by atoms with Crippen LogP contribution in [-0.2, 0) is 13.0 Å². The zero-order valence-electron chi connectivity index (χ0n) is 16.1. The molecule has 5 nitrogen and oxygen atoms in total. The highest BCUT2D eigenvalue weighted by Gasteiger charge is 2.18. The first-order valence-corrected chi connectivity index (χ1v) is 10.5. The Morgan fingerprint density at radius 3 is 2.45 bits per heavy atom. The minimum Gasteiger partial charge on any atom is -0.345 e. The van der Waals surface area contributed by atoms with E-state index in [1.54, 1.807) is 23.5 Å². The van der Waals surface area contributed by atoms with E-state index in [1.165, 1.54) is 17.7 Å². The number of rotatable bonds is 5. The first kappa shape index (κ1) is 19.5. The van der Waals surface area contributed by atoms with Crippen LogP contribution in [0, 0.1) is 17.1 Å². The third-order valence-corrected chi connectivity index (χ3v) is 6.06. The van der Waals surface area contributed by atoms with Gasteiger partial charge in [0.25, 0.3) is 0 Å². The molecular formula is C22H22FN5S. The van der Waals surface area contributed by atoms with Gasteiger partial charge < -0.3 is 4.90 Å². The zero-order valence-corrected chi connectivity index (χ0v) is 16.9. The van der Waals surface area contributed by atoms with E-state index in [1.807, 2.05) is 24.3 Å². The molecule has 1 aromatic heterocycles. The summed E-state index contributed by atoms with van der Waals surface area (Å²) in [5, 5.41) is 19.6. The molecule has 2 heterocycles. The minimum atomic E-state index is -0.221. The molecule has 2 aromatic carbocycles. The molecule has 0 radical (unpaired) electrons.